The number of carbonyl (C=O) groups excluding carboxylic acids is 1. The maximum absolute atomic E-state index is 12.4. The van der Waals surface area contributed by atoms with Crippen LogP contribution in [0.5, 0.6) is 0 Å². The Balaban J connectivity index is 1.55. The van der Waals surface area contributed by atoms with E-state index in [1.807, 2.05) is 30.4 Å². The van der Waals surface area contributed by atoms with Gasteiger partial charge in [0.25, 0.3) is 0 Å². The molecule has 3 unspecified atom stereocenters. The fourth-order valence-corrected chi connectivity index (χ4v) is 5.08. The molecule has 3 atom stereocenters. The van der Waals surface area contributed by atoms with E-state index in [-0.39, 0.29) is 23.9 Å². The standard InChI is InChI=1S/C28H26O2S2/c1-18(2)28(29)30-21(17-25-23-10-6-4-8-20(23)12-16-27(25)32)13-14-24-22-9-5-3-7-19(22)11-15-26(24)31/h3-12,15-16,21,24-25H,1,13-14,17H2,2H3. The Morgan fingerprint density at radius 3 is 2.03 bits per heavy atom. The first-order valence-corrected chi connectivity index (χ1v) is 11.7. The smallest absolute Gasteiger partial charge is 0.333 e. The molecule has 2 aromatic carbocycles. The van der Waals surface area contributed by atoms with E-state index < -0.39 is 0 Å². The number of hydrogen-bond acceptors (Lipinski definition) is 4. The van der Waals surface area contributed by atoms with Crippen LogP contribution in [-0.4, -0.2) is 21.8 Å². The summed E-state index contributed by atoms with van der Waals surface area (Å²) in [6.45, 7) is 5.44. The molecule has 0 radical (unpaired) electrons. The van der Waals surface area contributed by atoms with E-state index in [4.69, 9.17) is 29.2 Å². The summed E-state index contributed by atoms with van der Waals surface area (Å²) in [6.07, 6.45) is 10.1. The molecule has 0 heterocycles. The normalized spacial score (nSPS) is 19.8. The van der Waals surface area contributed by atoms with Crippen LogP contribution < -0.4 is 0 Å². The Labute approximate surface area is 200 Å². The Bertz CT molecular complexity index is 1140. The van der Waals surface area contributed by atoms with Gasteiger partial charge in [0.1, 0.15) is 6.10 Å². The SMILES string of the molecule is C=C(C)C(=O)OC(CCC1C(=S)C=Cc2ccccc21)CC1C(=S)C=Cc2ccccc21. The van der Waals surface area contributed by atoms with Gasteiger partial charge in [-0.3, -0.25) is 0 Å². The Morgan fingerprint density at radius 1 is 0.906 bits per heavy atom. The Hall–Kier alpha value is -2.69. The van der Waals surface area contributed by atoms with Gasteiger partial charge in [-0.05, 0) is 60.6 Å². The van der Waals surface area contributed by atoms with Crippen LogP contribution in [0.3, 0.4) is 0 Å². The van der Waals surface area contributed by atoms with Crippen molar-refractivity contribution in [2.45, 2.75) is 44.1 Å². The zero-order valence-electron chi connectivity index (χ0n) is 18.1. The summed E-state index contributed by atoms with van der Waals surface area (Å²) < 4.78 is 5.91. The molecular formula is C28H26O2S2. The summed E-state index contributed by atoms with van der Waals surface area (Å²) in [5.41, 5.74) is 5.21. The van der Waals surface area contributed by atoms with Gasteiger partial charge in [-0.2, -0.15) is 0 Å². The first-order chi connectivity index (χ1) is 15.4. The van der Waals surface area contributed by atoms with Crippen LogP contribution in [0.2, 0.25) is 0 Å². The Morgan fingerprint density at radius 2 is 1.44 bits per heavy atom. The maximum Gasteiger partial charge on any atom is 0.333 e. The number of allylic oxidation sites excluding steroid dienone is 2. The lowest BCUT2D eigenvalue weighted by atomic mass is 9.80. The summed E-state index contributed by atoms with van der Waals surface area (Å²) in [5, 5.41) is 0. The fraction of sp³-hybridized carbons (Fsp3) is 0.250. The van der Waals surface area contributed by atoms with E-state index >= 15 is 0 Å². The summed E-state index contributed by atoms with van der Waals surface area (Å²) in [5.74, 6) is -0.172. The van der Waals surface area contributed by atoms with Crippen molar-refractivity contribution in [1.82, 2.24) is 0 Å². The molecule has 4 heteroatoms. The number of thiocarbonyl (C=S) groups is 2. The second kappa shape index (κ2) is 9.85. The highest BCUT2D eigenvalue weighted by Crippen LogP contribution is 2.36. The molecule has 0 saturated heterocycles. The lowest BCUT2D eigenvalue weighted by Crippen LogP contribution is -2.26. The summed E-state index contributed by atoms with van der Waals surface area (Å²) >= 11 is 11.4. The van der Waals surface area contributed by atoms with Gasteiger partial charge in [-0.15, -0.1) is 0 Å². The van der Waals surface area contributed by atoms with Crippen molar-refractivity contribution >= 4 is 52.3 Å². The van der Waals surface area contributed by atoms with E-state index in [1.165, 1.54) is 22.3 Å². The Kier molecular flexibility index (Phi) is 6.92. The van der Waals surface area contributed by atoms with Gasteiger partial charge in [0, 0.05) is 27.1 Å². The second-order valence-electron chi connectivity index (χ2n) is 8.46. The van der Waals surface area contributed by atoms with Crippen LogP contribution in [0.4, 0.5) is 0 Å². The maximum atomic E-state index is 12.4. The topological polar surface area (TPSA) is 26.3 Å². The first-order valence-electron chi connectivity index (χ1n) is 10.9. The average Bonchev–Trinajstić information content (AvgIpc) is 2.79. The molecule has 0 N–H and O–H groups in total. The summed E-state index contributed by atoms with van der Waals surface area (Å²) in [7, 11) is 0. The minimum Gasteiger partial charge on any atom is -0.459 e. The van der Waals surface area contributed by atoms with Crippen molar-refractivity contribution < 1.29 is 9.53 Å². The summed E-state index contributed by atoms with van der Waals surface area (Å²) in [4.78, 5) is 14.2. The number of esters is 1. The van der Waals surface area contributed by atoms with Crippen LogP contribution in [0.1, 0.15) is 60.3 Å². The molecule has 0 saturated carbocycles. The first kappa shape index (κ1) is 22.5. The minimum atomic E-state index is -0.355. The highest BCUT2D eigenvalue weighted by molar-refractivity contribution is 7.81. The number of fused-ring (bicyclic) bond motifs is 2. The lowest BCUT2D eigenvalue weighted by molar-refractivity contribution is -0.145. The molecule has 0 spiro atoms. The minimum absolute atomic E-state index is 0.0413. The van der Waals surface area contributed by atoms with Crippen LogP contribution in [0.25, 0.3) is 12.2 Å². The van der Waals surface area contributed by atoms with Gasteiger partial charge in [-0.25, -0.2) is 4.79 Å². The van der Waals surface area contributed by atoms with Crippen molar-refractivity contribution in [3.8, 4) is 0 Å². The molecular weight excluding hydrogens is 432 g/mol. The number of carbonyl (C=O) groups is 1. The van der Waals surface area contributed by atoms with Crippen LogP contribution >= 0.6 is 24.4 Å². The quantitative estimate of drug-likeness (QED) is 0.253. The third-order valence-electron chi connectivity index (χ3n) is 6.18. The molecule has 32 heavy (non-hydrogen) atoms. The molecule has 4 rings (SSSR count). The van der Waals surface area contributed by atoms with E-state index in [0.29, 0.717) is 18.4 Å². The van der Waals surface area contributed by atoms with Gasteiger partial charge >= 0.3 is 5.97 Å². The predicted octanol–water partition coefficient (Wildman–Crippen LogP) is 7.01. The average molecular weight is 459 g/mol. The molecule has 2 aliphatic rings. The van der Waals surface area contributed by atoms with Gasteiger partial charge in [0.15, 0.2) is 0 Å². The molecule has 162 valence electrons. The highest BCUT2D eigenvalue weighted by atomic mass is 32.1. The zero-order valence-corrected chi connectivity index (χ0v) is 19.8. The molecule has 0 bridgehead atoms. The number of rotatable bonds is 7. The highest BCUT2D eigenvalue weighted by Gasteiger charge is 2.29. The largest absolute Gasteiger partial charge is 0.459 e. The van der Waals surface area contributed by atoms with Gasteiger partial charge < -0.3 is 4.74 Å². The van der Waals surface area contributed by atoms with Crippen molar-refractivity contribution in [3.63, 3.8) is 0 Å². The number of benzene rings is 2. The van der Waals surface area contributed by atoms with Crippen LogP contribution in [-0.2, 0) is 9.53 Å². The van der Waals surface area contributed by atoms with Crippen molar-refractivity contribution in [1.29, 1.82) is 0 Å². The molecule has 2 nitrogen and oxygen atoms in total. The lowest BCUT2D eigenvalue weighted by Gasteiger charge is -2.29. The molecule has 0 aromatic heterocycles. The molecule has 0 amide bonds. The monoisotopic (exact) mass is 458 g/mol. The van der Waals surface area contributed by atoms with Gasteiger partial charge in [0.2, 0.25) is 0 Å². The number of ether oxygens (including phenoxy) is 1. The van der Waals surface area contributed by atoms with Crippen molar-refractivity contribution in [2.75, 3.05) is 0 Å². The van der Waals surface area contributed by atoms with E-state index in [0.717, 1.165) is 16.1 Å². The van der Waals surface area contributed by atoms with Gasteiger partial charge in [0.05, 0.1) is 0 Å². The van der Waals surface area contributed by atoms with Crippen molar-refractivity contribution in [3.05, 3.63) is 95.1 Å². The zero-order chi connectivity index (χ0) is 22.7. The van der Waals surface area contributed by atoms with E-state index in [2.05, 4.69) is 49.1 Å². The summed E-state index contributed by atoms with van der Waals surface area (Å²) in [6, 6.07) is 16.6. The molecule has 2 aromatic rings. The number of hydrogen-bond donors (Lipinski definition) is 0. The van der Waals surface area contributed by atoms with Crippen LogP contribution in [0, 0.1) is 0 Å². The van der Waals surface area contributed by atoms with Gasteiger partial charge in [-0.1, -0.05) is 91.7 Å². The second-order valence-corrected chi connectivity index (χ2v) is 9.40. The third-order valence-corrected chi connectivity index (χ3v) is 7.02. The molecule has 2 aliphatic carbocycles. The molecule has 0 aliphatic heterocycles. The third kappa shape index (κ3) is 4.87. The van der Waals surface area contributed by atoms with Crippen molar-refractivity contribution in [2.24, 2.45) is 0 Å². The molecule has 0 fully saturated rings. The van der Waals surface area contributed by atoms with E-state index in [9.17, 15) is 4.79 Å². The van der Waals surface area contributed by atoms with E-state index in [1.54, 1.807) is 6.92 Å². The fourth-order valence-electron chi connectivity index (χ4n) is 4.48. The van der Waals surface area contributed by atoms with Crippen LogP contribution in [0.15, 0.2) is 72.8 Å². The predicted molar refractivity (Wildman–Crippen MR) is 140 cm³/mol.